The van der Waals surface area contributed by atoms with Crippen molar-refractivity contribution in [2.75, 3.05) is 0 Å². The molecule has 122 valence electrons. The number of aryl methyl sites for hydroxylation is 2. The van der Waals surface area contributed by atoms with Crippen LogP contribution in [-0.2, 0) is 19.9 Å². The molecule has 6 nitrogen and oxygen atoms in total. The van der Waals surface area contributed by atoms with Crippen LogP contribution in [0.15, 0.2) is 18.7 Å². The van der Waals surface area contributed by atoms with Crippen molar-refractivity contribution in [2.24, 2.45) is 13.0 Å². The highest BCUT2D eigenvalue weighted by atomic mass is 32.1. The van der Waals surface area contributed by atoms with Crippen molar-refractivity contribution in [2.45, 2.75) is 32.6 Å². The molecule has 24 heavy (non-hydrogen) atoms. The van der Waals surface area contributed by atoms with E-state index in [1.54, 1.807) is 17.2 Å². The number of hydrogen-bond acceptors (Lipinski definition) is 5. The molecule has 4 heterocycles. The highest BCUT2D eigenvalue weighted by Crippen LogP contribution is 2.39. The van der Waals surface area contributed by atoms with Gasteiger partial charge in [-0.2, -0.15) is 5.10 Å². The van der Waals surface area contributed by atoms with E-state index in [-0.39, 0.29) is 0 Å². The molecule has 0 radical (unpaired) electrons. The monoisotopic (exact) mass is 338 g/mol. The van der Waals surface area contributed by atoms with E-state index >= 15 is 0 Å². The van der Waals surface area contributed by atoms with Crippen LogP contribution in [0.5, 0.6) is 0 Å². The molecule has 0 spiro atoms. The molecular formula is C17H18N6S. The maximum atomic E-state index is 4.81. The van der Waals surface area contributed by atoms with Crippen molar-refractivity contribution >= 4 is 27.2 Å². The third-order valence-electron chi connectivity index (χ3n) is 5.03. The highest BCUT2D eigenvalue weighted by Gasteiger charge is 2.24. The number of aromatic nitrogens is 6. The van der Waals surface area contributed by atoms with Gasteiger partial charge in [-0.15, -0.1) is 16.4 Å². The van der Waals surface area contributed by atoms with Gasteiger partial charge in [0.15, 0.2) is 11.5 Å². The van der Waals surface area contributed by atoms with Gasteiger partial charge in [0.25, 0.3) is 0 Å². The van der Waals surface area contributed by atoms with E-state index in [1.807, 2.05) is 29.1 Å². The summed E-state index contributed by atoms with van der Waals surface area (Å²) in [4.78, 5) is 12.0. The van der Waals surface area contributed by atoms with Gasteiger partial charge < -0.3 is 0 Å². The van der Waals surface area contributed by atoms with E-state index in [4.69, 9.17) is 4.98 Å². The van der Waals surface area contributed by atoms with Crippen LogP contribution in [0.2, 0.25) is 0 Å². The highest BCUT2D eigenvalue weighted by molar-refractivity contribution is 7.19. The van der Waals surface area contributed by atoms with Crippen molar-refractivity contribution in [3.63, 3.8) is 0 Å². The number of hydrogen-bond donors (Lipinski definition) is 0. The molecule has 0 saturated heterocycles. The molecule has 1 aliphatic rings. The minimum Gasteiger partial charge on any atom is -0.275 e. The van der Waals surface area contributed by atoms with E-state index in [1.165, 1.54) is 35.1 Å². The number of rotatable bonds is 2. The third-order valence-corrected chi connectivity index (χ3v) is 6.19. The quantitative estimate of drug-likeness (QED) is 0.563. The van der Waals surface area contributed by atoms with Crippen LogP contribution in [0.1, 0.15) is 30.2 Å². The maximum absolute atomic E-state index is 4.81. The predicted molar refractivity (Wildman–Crippen MR) is 94.2 cm³/mol. The summed E-state index contributed by atoms with van der Waals surface area (Å²) in [7, 11) is 1.90. The largest absolute Gasteiger partial charge is 0.275 e. The fourth-order valence-electron chi connectivity index (χ4n) is 3.65. The van der Waals surface area contributed by atoms with Crippen LogP contribution in [0, 0.1) is 5.92 Å². The van der Waals surface area contributed by atoms with E-state index in [2.05, 4.69) is 22.1 Å². The molecule has 1 atom stereocenters. The van der Waals surface area contributed by atoms with Crippen molar-refractivity contribution in [3.8, 4) is 11.4 Å². The second kappa shape index (κ2) is 5.11. The first kappa shape index (κ1) is 14.1. The molecule has 0 aliphatic heterocycles. The Bertz CT molecular complexity index is 1060. The Balaban J connectivity index is 1.72. The lowest BCUT2D eigenvalue weighted by Crippen LogP contribution is -2.11. The third kappa shape index (κ3) is 2.00. The standard InChI is InChI=1S/C17H18N6S/c1-3-10-4-5-12-13(6-10)24-17-14(12)16-20-15(21-23(16)9-18-17)11-7-19-22(2)8-11/h7-10H,3-6H2,1-2H3. The molecular weight excluding hydrogens is 320 g/mol. The van der Waals surface area contributed by atoms with Crippen LogP contribution in [0.4, 0.5) is 0 Å². The summed E-state index contributed by atoms with van der Waals surface area (Å²) < 4.78 is 3.58. The molecule has 0 N–H and O–H groups in total. The minimum absolute atomic E-state index is 0.708. The smallest absolute Gasteiger partial charge is 0.185 e. The zero-order valence-corrected chi connectivity index (χ0v) is 14.5. The van der Waals surface area contributed by atoms with E-state index in [9.17, 15) is 0 Å². The number of fused-ring (bicyclic) bond motifs is 5. The van der Waals surface area contributed by atoms with Gasteiger partial charge in [0, 0.05) is 18.1 Å². The fourth-order valence-corrected chi connectivity index (χ4v) is 4.95. The molecule has 1 aliphatic carbocycles. The average Bonchev–Trinajstić information content (AvgIpc) is 3.28. The molecule has 5 rings (SSSR count). The Labute approximate surface area is 143 Å². The Kier molecular flexibility index (Phi) is 3.00. The first-order valence-electron chi connectivity index (χ1n) is 8.37. The molecule has 0 fully saturated rings. The van der Waals surface area contributed by atoms with Crippen molar-refractivity contribution in [1.82, 2.24) is 29.4 Å². The maximum Gasteiger partial charge on any atom is 0.185 e. The van der Waals surface area contributed by atoms with Crippen LogP contribution < -0.4 is 0 Å². The Morgan fingerprint density at radius 1 is 1.38 bits per heavy atom. The van der Waals surface area contributed by atoms with Crippen LogP contribution in [-0.4, -0.2) is 29.4 Å². The van der Waals surface area contributed by atoms with Gasteiger partial charge in [-0.05, 0) is 30.7 Å². The second-order valence-electron chi connectivity index (χ2n) is 6.55. The fraction of sp³-hybridized carbons (Fsp3) is 0.412. The van der Waals surface area contributed by atoms with Crippen LogP contribution in [0.3, 0.4) is 0 Å². The van der Waals surface area contributed by atoms with E-state index in [0.29, 0.717) is 5.82 Å². The lowest BCUT2D eigenvalue weighted by molar-refractivity contribution is 0.451. The van der Waals surface area contributed by atoms with Gasteiger partial charge in [0.05, 0.1) is 17.1 Å². The van der Waals surface area contributed by atoms with Gasteiger partial charge in [0.1, 0.15) is 11.2 Å². The summed E-state index contributed by atoms with van der Waals surface area (Å²) in [5.74, 6) is 1.52. The Morgan fingerprint density at radius 3 is 3.08 bits per heavy atom. The predicted octanol–water partition coefficient (Wildman–Crippen LogP) is 3.25. The normalized spacial score (nSPS) is 17.7. The zero-order valence-electron chi connectivity index (χ0n) is 13.7. The van der Waals surface area contributed by atoms with E-state index < -0.39 is 0 Å². The summed E-state index contributed by atoms with van der Waals surface area (Å²) in [5.41, 5.74) is 3.30. The Morgan fingerprint density at radius 2 is 2.29 bits per heavy atom. The summed E-state index contributed by atoms with van der Waals surface area (Å²) in [6.07, 6.45) is 10.4. The molecule has 4 aromatic heterocycles. The van der Waals surface area contributed by atoms with Gasteiger partial charge in [-0.1, -0.05) is 13.3 Å². The molecule has 7 heteroatoms. The molecule has 0 amide bonds. The lowest BCUT2D eigenvalue weighted by Gasteiger charge is -2.20. The summed E-state index contributed by atoms with van der Waals surface area (Å²) in [6, 6.07) is 0. The first-order valence-corrected chi connectivity index (χ1v) is 9.19. The topological polar surface area (TPSA) is 60.9 Å². The summed E-state index contributed by atoms with van der Waals surface area (Å²) in [6.45, 7) is 2.29. The summed E-state index contributed by atoms with van der Waals surface area (Å²) >= 11 is 1.83. The minimum atomic E-state index is 0.708. The molecule has 0 aromatic carbocycles. The van der Waals surface area contributed by atoms with Gasteiger partial charge in [-0.25, -0.2) is 14.5 Å². The van der Waals surface area contributed by atoms with Crippen molar-refractivity contribution in [1.29, 1.82) is 0 Å². The van der Waals surface area contributed by atoms with Gasteiger partial charge in [-0.3, -0.25) is 4.68 Å². The molecule has 1 unspecified atom stereocenters. The number of nitrogens with zero attached hydrogens (tertiary/aromatic N) is 6. The van der Waals surface area contributed by atoms with Crippen molar-refractivity contribution in [3.05, 3.63) is 29.2 Å². The first-order chi connectivity index (χ1) is 11.7. The average molecular weight is 338 g/mol. The SMILES string of the molecule is CCC1CCc2c(sc3ncn4nc(-c5cnn(C)c5)nc4c23)C1. The van der Waals surface area contributed by atoms with Crippen LogP contribution in [0.25, 0.3) is 27.3 Å². The number of thiophene rings is 1. The summed E-state index contributed by atoms with van der Waals surface area (Å²) in [5, 5.41) is 10.0. The molecule has 4 aromatic rings. The van der Waals surface area contributed by atoms with Gasteiger partial charge >= 0.3 is 0 Å². The van der Waals surface area contributed by atoms with E-state index in [0.717, 1.165) is 28.4 Å². The van der Waals surface area contributed by atoms with Gasteiger partial charge in [0.2, 0.25) is 0 Å². The molecule has 0 bridgehead atoms. The van der Waals surface area contributed by atoms with Crippen LogP contribution >= 0.6 is 11.3 Å². The lowest BCUT2D eigenvalue weighted by atomic mass is 9.86. The Hall–Kier alpha value is -2.28. The molecule has 0 saturated carbocycles. The zero-order chi connectivity index (χ0) is 16.3. The van der Waals surface area contributed by atoms with Crippen molar-refractivity contribution < 1.29 is 0 Å². The second-order valence-corrected chi connectivity index (χ2v) is 7.64.